The van der Waals surface area contributed by atoms with Crippen molar-refractivity contribution < 1.29 is 29.6 Å². The number of benzene rings is 1. The van der Waals surface area contributed by atoms with Crippen LogP contribution in [0.25, 0.3) is 0 Å². The topological polar surface area (TPSA) is 104 Å². The number of hydrogen-bond acceptors (Lipinski definition) is 4. The van der Waals surface area contributed by atoms with Crippen LogP contribution in [-0.2, 0) is 22.4 Å². The maximum atomic E-state index is 10.7. The largest absolute Gasteiger partial charge is 0.504 e. The molecular weight excluding hydrogens is 240 g/mol. The second kappa shape index (κ2) is 5.90. The number of aromatic hydroxyl groups is 1. The Morgan fingerprint density at radius 3 is 2.39 bits per heavy atom. The van der Waals surface area contributed by atoms with Crippen LogP contribution in [0.15, 0.2) is 12.1 Å². The summed E-state index contributed by atoms with van der Waals surface area (Å²) in [5.41, 5.74) is 0.825. The van der Waals surface area contributed by atoms with Crippen LogP contribution in [0.3, 0.4) is 0 Å². The fourth-order valence-electron chi connectivity index (χ4n) is 1.58. The van der Waals surface area contributed by atoms with Gasteiger partial charge in [0.15, 0.2) is 11.5 Å². The zero-order chi connectivity index (χ0) is 13.7. The van der Waals surface area contributed by atoms with Gasteiger partial charge in [-0.2, -0.15) is 0 Å². The van der Waals surface area contributed by atoms with Gasteiger partial charge >= 0.3 is 11.9 Å². The minimum absolute atomic E-state index is 0.0690. The Labute approximate surface area is 103 Å². The molecule has 0 radical (unpaired) electrons. The number of ether oxygens (including phenoxy) is 1. The molecule has 0 fully saturated rings. The average Bonchev–Trinajstić information content (AvgIpc) is 2.29. The molecule has 0 aromatic heterocycles. The summed E-state index contributed by atoms with van der Waals surface area (Å²) in [6, 6.07) is 2.98. The summed E-state index contributed by atoms with van der Waals surface area (Å²) in [7, 11) is 1.35. The molecule has 0 aliphatic rings. The number of carboxylic acid groups (broad SMARTS) is 2. The Morgan fingerprint density at radius 2 is 1.89 bits per heavy atom. The molecule has 0 saturated carbocycles. The summed E-state index contributed by atoms with van der Waals surface area (Å²) in [6.45, 7) is 0. The molecule has 1 rings (SSSR count). The molecule has 6 nitrogen and oxygen atoms in total. The number of phenolic OH excluding ortho intramolecular Hbond substituents is 1. The van der Waals surface area contributed by atoms with Gasteiger partial charge in [-0.1, -0.05) is 6.07 Å². The van der Waals surface area contributed by atoms with Gasteiger partial charge in [-0.25, -0.2) is 0 Å². The molecule has 6 heteroatoms. The second-order valence-corrected chi connectivity index (χ2v) is 3.77. The van der Waals surface area contributed by atoms with E-state index in [9.17, 15) is 14.7 Å². The van der Waals surface area contributed by atoms with Crippen molar-refractivity contribution in [3.63, 3.8) is 0 Å². The van der Waals surface area contributed by atoms with E-state index in [-0.39, 0.29) is 36.3 Å². The summed E-state index contributed by atoms with van der Waals surface area (Å²) < 4.78 is 4.92. The van der Waals surface area contributed by atoms with Crippen LogP contribution in [0.1, 0.15) is 17.5 Å². The molecule has 98 valence electrons. The van der Waals surface area contributed by atoms with Crippen molar-refractivity contribution in [3.05, 3.63) is 23.3 Å². The molecule has 0 heterocycles. The van der Waals surface area contributed by atoms with E-state index in [1.165, 1.54) is 19.2 Å². The Hall–Kier alpha value is -2.24. The second-order valence-electron chi connectivity index (χ2n) is 3.77. The van der Waals surface area contributed by atoms with Crippen molar-refractivity contribution in [2.45, 2.75) is 19.3 Å². The van der Waals surface area contributed by atoms with Crippen LogP contribution in [0, 0.1) is 0 Å². The van der Waals surface area contributed by atoms with Crippen molar-refractivity contribution in [3.8, 4) is 11.5 Å². The molecule has 0 aliphatic heterocycles. The van der Waals surface area contributed by atoms with Gasteiger partial charge in [0, 0.05) is 12.0 Å². The van der Waals surface area contributed by atoms with Crippen molar-refractivity contribution in [2.75, 3.05) is 7.11 Å². The first kappa shape index (κ1) is 13.8. The van der Waals surface area contributed by atoms with E-state index in [0.717, 1.165) is 0 Å². The SMILES string of the molecule is COc1cc(CCC(=O)O)cc(CC(=O)O)c1O. The van der Waals surface area contributed by atoms with Crippen LogP contribution in [0.4, 0.5) is 0 Å². The lowest BCUT2D eigenvalue weighted by atomic mass is 10.0. The normalized spacial score (nSPS) is 10.1. The Morgan fingerprint density at radius 1 is 1.22 bits per heavy atom. The van der Waals surface area contributed by atoms with Gasteiger partial charge in [-0.15, -0.1) is 0 Å². The number of methoxy groups -OCH3 is 1. The zero-order valence-corrected chi connectivity index (χ0v) is 9.84. The highest BCUT2D eigenvalue weighted by molar-refractivity contribution is 5.72. The molecule has 0 spiro atoms. The minimum Gasteiger partial charge on any atom is -0.504 e. The van der Waals surface area contributed by atoms with E-state index in [2.05, 4.69) is 0 Å². The third kappa shape index (κ3) is 3.65. The van der Waals surface area contributed by atoms with Crippen molar-refractivity contribution in [1.29, 1.82) is 0 Å². The maximum Gasteiger partial charge on any atom is 0.307 e. The van der Waals surface area contributed by atoms with E-state index >= 15 is 0 Å². The molecular formula is C12H14O6. The summed E-state index contributed by atoms with van der Waals surface area (Å²) in [5.74, 6) is -2.10. The molecule has 3 N–H and O–H groups in total. The third-order valence-electron chi connectivity index (χ3n) is 2.40. The zero-order valence-electron chi connectivity index (χ0n) is 9.84. The Kier molecular flexibility index (Phi) is 4.53. The average molecular weight is 254 g/mol. The summed E-state index contributed by atoms with van der Waals surface area (Å²) in [6.07, 6.45) is -0.165. The first-order valence-corrected chi connectivity index (χ1v) is 5.26. The molecule has 0 amide bonds. The highest BCUT2D eigenvalue weighted by Gasteiger charge is 2.13. The third-order valence-corrected chi connectivity index (χ3v) is 2.40. The lowest BCUT2D eigenvalue weighted by Crippen LogP contribution is -2.03. The number of aryl methyl sites for hydroxylation is 1. The molecule has 1 aromatic carbocycles. The van der Waals surface area contributed by atoms with Crippen LogP contribution in [0.5, 0.6) is 11.5 Å². The molecule has 1 aromatic rings. The van der Waals surface area contributed by atoms with E-state index < -0.39 is 11.9 Å². The van der Waals surface area contributed by atoms with Gasteiger partial charge in [-0.3, -0.25) is 9.59 Å². The number of carboxylic acids is 2. The van der Waals surface area contributed by atoms with Crippen LogP contribution < -0.4 is 4.74 Å². The minimum atomic E-state index is -1.08. The monoisotopic (exact) mass is 254 g/mol. The highest BCUT2D eigenvalue weighted by atomic mass is 16.5. The molecule has 0 aliphatic carbocycles. The first-order valence-electron chi connectivity index (χ1n) is 5.26. The fraction of sp³-hybridized carbons (Fsp3) is 0.333. The smallest absolute Gasteiger partial charge is 0.307 e. The van der Waals surface area contributed by atoms with E-state index in [0.29, 0.717) is 5.56 Å². The van der Waals surface area contributed by atoms with E-state index in [1.54, 1.807) is 0 Å². The van der Waals surface area contributed by atoms with Crippen molar-refractivity contribution in [1.82, 2.24) is 0 Å². The molecule has 0 bridgehead atoms. The lowest BCUT2D eigenvalue weighted by molar-refractivity contribution is -0.137. The number of rotatable bonds is 6. The predicted octanol–water partition coefficient (Wildman–Crippen LogP) is 1.05. The summed E-state index contributed by atoms with van der Waals surface area (Å²) in [5, 5.41) is 27.0. The van der Waals surface area contributed by atoms with E-state index in [1.807, 2.05) is 0 Å². The Balaban J connectivity index is 3.05. The molecule has 0 unspecified atom stereocenters. The molecule has 0 saturated heterocycles. The van der Waals surface area contributed by atoms with Crippen LogP contribution in [0.2, 0.25) is 0 Å². The summed E-state index contributed by atoms with van der Waals surface area (Å²) >= 11 is 0. The predicted molar refractivity (Wildman–Crippen MR) is 62.0 cm³/mol. The molecule has 18 heavy (non-hydrogen) atoms. The fourth-order valence-corrected chi connectivity index (χ4v) is 1.58. The van der Waals surface area contributed by atoms with Crippen molar-refractivity contribution >= 4 is 11.9 Å². The van der Waals surface area contributed by atoms with Crippen LogP contribution >= 0.6 is 0 Å². The summed E-state index contributed by atoms with van der Waals surface area (Å²) in [4.78, 5) is 21.1. The van der Waals surface area contributed by atoms with Gasteiger partial charge in [0.05, 0.1) is 13.5 Å². The van der Waals surface area contributed by atoms with Crippen molar-refractivity contribution in [2.24, 2.45) is 0 Å². The Bertz CT molecular complexity index is 466. The molecule has 0 atom stereocenters. The van der Waals surface area contributed by atoms with Gasteiger partial charge in [0.2, 0.25) is 0 Å². The standard InChI is InChI=1S/C12H14O6/c1-18-9-5-7(2-3-10(13)14)4-8(12(9)17)6-11(15)16/h4-5,17H,2-3,6H2,1H3,(H,13,14)(H,15,16). The maximum absolute atomic E-state index is 10.7. The van der Waals surface area contributed by atoms with E-state index in [4.69, 9.17) is 14.9 Å². The van der Waals surface area contributed by atoms with Crippen LogP contribution in [-0.4, -0.2) is 34.4 Å². The number of phenols is 1. The number of hydrogen-bond donors (Lipinski definition) is 3. The van der Waals surface area contributed by atoms with Gasteiger partial charge in [0.1, 0.15) is 0 Å². The number of aliphatic carboxylic acids is 2. The number of carbonyl (C=O) groups is 2. The quantitative estimate of drug-likeness (QED) is 0.700. The van der Waals surface area contributed by atoms with Gasteiger partial charge in [0.25, 0.3) is 0 Å². The first-order chi connectivity index (χ1) is 8.43. The van der Waals surface area contributed by atoms with Gasteiger partial charge < -0.3 is 20.1 Å². The van der Waals surface area contributed by atoms with Gasteiger partial charge in [-0.05, 0) is 18.1 Å². The lowest BCUT2D eigenvalue weighted by Gasteiger charge is -2.10. The highest BCUT2D eigenvalue weighted by Crippen LogP contribution is 2.32.